The summed E-state index contributed by atoms with van der Waals surface area (Å²) in [6, 6.07) is 63.0. The summed E-state index contributed by atoms with van der Waals surface area (Å²) in [5, 5.41) is 2.40. The molecule has 2 heterocycles. The Morgan fingerprint density at radius 1 is 0.491 bits per heavy atom. The van der Waals surface area contributed by atoms with Crippen molar-refractivity contribution in [2.75, 3.05) is 0 Å². The van der Waals surface area contributed by atoms with E-state index in [1.807, 2.05) is 36.4 Å². The largest absolute Gasteiger partial charge is 0.309 e. The lowest BCUT2D eigenvalue weighted by atomic mass is 9.68. The Labute approximate surface area is 321 Å². The maximum atomic E-state index is 5.11. The van der Waals surface area contributed by atoms with E-state index < -0.39 is 0 Å². The molecule has 55 heavy (non-hydrogen) atoms. The zero-order valence-electron chi connectivity index (χ0n) is 31.0. The zero-order valence-corrected chi connectivity index (χ0v) is 31.0. The van der Waals surface area contributed by atoms with Crippen LogP contribution < -0.4 is 0 Å². The third kappa shape index (κ3) is 5.73. The lowest BCUT2D eigenvalue weighted by Gasteiger charge is -2.36. The van der Waals surface area contributed by atoms with E-state index in [0.29, 0.717) is 17.5 Å². The maximum Gasteiger partial charge on any atom is 0.164 e. The fraction of sp³-hybridized carbons (Fsp3) is 0.118. The van der Waals surface area contributed by atoms with Crippen LogP contribution in [-0.4, -0.2) is 19.5 Å². The fourth-order valence-corrected chi connectivity index (χ4v) is 8.82. The number of fused-ring (bicyclic) bond motifs is 5. The van der Waals surface area contributed by atoms with Gasteiger partial charge in [0.15, 0.2) is 17.5 Å². The van der Waals surface area contributed by atoms with Gasteiger partial charge in [0.25, 0.3) is 0 Å². The number of hydrogen-bond donors (Lipinski definition) is 0. The summed E-state index contributed by atoms with van der Waals surface area (Å²) in [6.07, 6.45) is 2.06. The molecule has 0 saturated carbocycles. The predicted molar refractivity (Wildman–Crippen MR) is 226 cm³/mol. The standard InChI is InChI=1S/C51H40N4/c1-51(2)44-26-16-15-19-35(44)27-29-40(34-17-7-3-8-18-34)41-32-43-42-31-38(28-30-46(42)55(47(43)33-45(41)51)39-24-13-6-14-25-39)50-53-48(36-20-9-4-10-21-36)52-49(54-50)37-22-11-5-12-23-37/h3-26,28,30-33,40H,27,29H2,1-2H3. The highest BCUT2D eigenvalue weighted by Crippen LogP contribution is 2.47. The monoisotopic (exact) mass is 708 g/mol. The van der Waals surface area contributed by atoms with Gasteiger partial charge in [0.2, 0.25) is 0 Å². The molecule has 0 bridgehead atoms. The molecule has 264 valence electrons. The van der Waals surface area contributed by atoms with Crippen LogP contribution in [0.1, 0.15) is 54.0 Å². The van der Waals surface area contributed by atoms with E-state index in [4.69, 9.17) is 15.0 Å². The first-order valence-electron chi connectivity index (χ1n) is 19.2. The predicted octanol–water partition coefficient (Wildman–Crippen LogP) is 12.4. The van der Waals surface area contributed by atoms with Crippen LogP contribution in [-0.2, 0) is 11.8 Å². The lowest BCUT2D eigenvalue weighted by molar-refractivity contribution is 0.583. The van der Waals surface area contributed by atoms with E-state index in [9.17, 15) is 0 Å². The van der Waals surface area contributed by atoms with Crippen molar-refractivity contribution in [1.82, 2.24) is 19.5 Å². The van der Waals surface area contributed by atoms with Crippen LogP contribution in [0.25, 0.3) is 61.7 Å². The molecular weight excluding hydrogens is 669 g/mol. The van der Waals surface area contributed by atoms with E-state index in [-0.39, 0.29) is 11.3 Å². The highest BCUT2D eigenvalue weighted by atomic mass is 15.0. The van der Waals surface area contributed by atoms with Gasteiger partial charge in [-0.05, 0) is 83.1 Å². The molecule has 0 saturated heterocycles. The second kappa shape index (κ2) is 13.3. The number of hydrogen-bond acceptors (Lipinski definition) is 3. The first-order valence-corrected chi connectivity index (χ1v) is 19.2. The minimum atomic E-state index is -0.219. The summed E-state index contributed by atoms with van der Waals surface area (Å²) >= 11 is 0. The van der Waals surface area contributed by atoms with Crippen LogP contribution in [0.2, 0.25) is 0 Å². The summed E-state index contributed by atoms with van der Waals surface area (Å²) in [5.74, 6) is 2.22. The van der Waals surface area contributed by atoms with Crippen molar-refractivity contribution in [2.45, 2.75) is 38.0 Å². The SMILES string of the molecule is CC1(C)c2ccccc2CCC(c2ccccc2)c2cc3c4cc(-c5nc(-c6ccccc6)nc(-c6ccccc6)n5)ccc4n(-c4ccccc4)c3cc21. The smallest absolute Gasteiger partial charge is 0.164 e. The quantitative estimate of drug-likeness (QED) is 0.179. The summed E-state index contributed by atoms with van der Waals surface area (Å²) in [4.78, 5) is 15.2. The first kappa shape index (κ1) is 33.0. The van der Waals surface area contributed by atoms with E-state index in [1.54, 1.807) is 0 Å². The molecule has 0 spiro atoms. The van der Waals surface area contributed by atoms with Gasteiger partial charge in [-0.15, -0.1) is 0 Å². The fourth-order valence-electron chi connectivity index (χ4n) is 8.82. The van der Waals surface area contributed by atoms with Gasteiger partial charge in [-0.25, -0.2) is 15.0 Å². The highest BCUT2D eigenvalue weighted by Gasteiger charge is 2.34. The Morgan fingerprint density at radius 3 is 1.69 bits per heavy atom. The molecular formula is C51H40N4. The van der Waals surface area contributed by atoms with Crippen molar-refractivity contribution in [2.24, 2.45) is 0 Å². The molecule has 1 unspecified atom stereocenters. The van der Waals surface area contributed by atoms with Gasteiger partial charge < -0.3 is 4.57 Å². The van der Waals surface area contributed by atoms with Crippen molar-refractivity contribution < 1.29 is 0 Å². The van der Waals surface area contributed by atoms with Crippen LogP contribution in [0.15, 0.2) is 176 Å². The molecule has 2 aromatic heterocycles. The van der Waals surface area contributed by atoms with Gasteiger partial charge in [-0.2, -0.15) is 0 Å². The molecule has 0 aliphatic heterocycles. The molecule has 1 aliphatic rings. The Hall–Kier alpha value is -6.65. The second-order valence-corrected chi connectivity index (χ2v) is 15.2. The van der Waals surface area contributed by atoms with Gasteiger partial charge in [0.05, 0.1) is 11.0 Å². The molecule has 0 radical (unpaired) electrons. The van der Waals surface area contributed by atoms with Crippen molar-refractivity contribution in [3.05, 3.63) is 204 Å². The molecule has 1 atom stereocenters. The molecule has 0 N–H and O–H groups in total. The summed E-state index contributed by atoms with van der Waals surface area (Å²) in [5.41, 5.74) is 13.1. The zero-order chi connectivity index (χ0) is 36.9. The molecule has 7 aromatic carbocycles. The van der Waals surface area contributed by atoms with Crippen molar-refractivity contribution in [3.8, 4) is 39.9 Å². The number of nitrogens with zero attached hydrogens (tertiary/aromatic N) is 4. The Balaban J connectivity index is 1.26. The Morgan fingerprint density at radius 2 is 1.04 bits per heavy atom. The average molecular weight is 709 g/mol. The van der Waals surface area contributed by atoms with Gasteiger partial charge in [0, 0.05) is 44.5 Å². The molecule has 4 heteroatoms. The average Bonchev–Trinajstić information content (AvgIpc) is 3.57. The van der Waals surface area contributed by atoms with Crippen LogP contribution in [0.5, 0.6) is 0 Å². The maximum absolute atomic E-state index is 5.11. The molecule has 10 rings (SSSR count). The molecule has 0 amide bonds. The number of aromatic nitrogens is 4. The first-order chi connectivity index (χ1) is 27.0. The van der Waals surface area contributed by atoms with Crippen LogP contribution in [0.3, 0.4) is 0 Å². The Kier molecular flexibility index (Phi) is 7.99. The van der Waals surface area contributed by atoms with Gasteiger partial charge in [-0.3, -0.25) is 0 Å². The number of rotatable bonds is 5. The highest BCUT2D eigenvalue weighted by molar-refractivity contribution is 6.11. The minimum Gasteiger partial charge on any atom is -0.309 e. The van der Waals surface area contributed by atoms with Crippen molar-refractivity contribution in [3.63, 3.8) is 0 Å². The lowest BCUT2D eigenvalue weighted by Crippen LogP contribution is -2.26. The van der Waals surface area contributed by atoms with Crippen LogP contribution in [0, 0.1) is 0 Å². The third-order valence-electron chi connectivity index (χ3n) is 11.6. The normalized spacial score (nSPS) is 14.9. The topological polar surface area (TPSA) is 43.6 Å². The summed E-state index contributed by atoms with van der Waals surface area (Å²) in [7, 11) is 0. The number of aryl methyl sites for hydroxylation is 1. The van der Waals surface area contributed by atoms with Crippen LogP contribution in [0.4, 0.5) is 0 Å². The van der Waals surface area contributed by atoms with E-state index in [1.165, 1.54) is 44.1 Å². The van der Waals surface area contributed by atoms with E-state index >= 15 is 0 Å². The second-order valence-electron chi connectivity index (χ2n) is 15.2. The van der Waals surface area contributed by atoms with Crippen LogP contribution >= 0.6 is 0 Å². The molecule has 0 fully saturated rings. The third-order valence-corrected chi connectivity index (χ3v) is 11.6. The van der Waals surface area contributed by atoms with Gasteiger partial charge in [-0.1, -0.05) is 147 Å². The minimum absolute atomic E-state index is 0.219. The van der Waals surface area contributed by atoms with Crippen molar-refractivity contribution >= 4 is 21.8 Å². The van der Waals surface area contributed by atoms with Crippen molar-refractivity contribution in [1.29, 1.82) is 0 Å². The van der Waals surface area contributed by atoms with E-state index in [2.05, 4.69) is 158 Å². The Bertz CT molecular complexity index is 2770. The summed E-state index contributed by atoms with van der Waals surface area (Å²) < 4.78 is 2.44. The van der Waals surface area contributed by atoms with Gasteiger partial charge >= 0.3 is 0 Å². The molecule has 1 aliphatic carbocycles. The van der Waals surface area contributed by atoms with E-state index in [0.717, 1.165) is 40.7 Å². The molecule has 4 nitrogen and oxygen atoms in total. The number of para-hydroxylation sites is 1. The van der Waals surface area contributed by atoms with Gasteiger partial charge in [0.1, 0.15) is 0 Å². The summed E-state index contributed by atoms with van der Waals surface area (Å²) in [6.45, 7) is 4.82. The molecule has 9 aromatic rings. The number of benzene rings is 7.